The van der Waals surface area contributed by atoms with E-state index in [1.54, 1.807) is 67.8 Å². The van der Waals surface area contributed by atoms with Crippen molar-refractivity contribution in [2.45, 2.75) is 30.8 Å². The number of benzene rings is 3. The predicted molar refractivity (Wildman–Crippen MR) is 139 cm³/mol. The van der Waals surface area contributed by atoms with Crippen molar-refractivity contribution < 1.29 is 22.7 Å². The van der Waals surface area contributed by atoms with Crippen molar-refractivity contribution in [1.29, 1.82) is 0 Å². The minimum atomic E-state index is -4.05. The molecule has 3 rings (SSSR count). The fraction of sp³-hybridized carbons (Fsp3) is 0.259. The van der Waals surface area contributed by atoms with Crippen LogP contribution in [0.2, 0.25) is 0 Å². The minimum absolute atomic E-state index is 0.0710. The molecule has 3 aromatic carbocycles. The van der Waals surface area contributed by atoms with Gasteiger partial charge in [-0.1, -0.05) is 55.5 Å². The van der Waals surface area contributed by atoms with Crippen LogP contribution in [0.15, 0.2) is 89.8 Å². The van der Waals surface area contributed by atoms with Crippen LogP contribution in [0.1, 0.15) is 18.9 Å². The number of anilines is 1. The first-order chi connectivity index (χ1) is 17.3. The number of carbonyl (C=O) groups is 2. The van der Waals surface area contributed by atoms with Gasteiger partial charge < -0.3 is 15.0 Å². The number of nitrogens with one attached hydrogen (secondary N) is 1. The van der Waals surface area contributed by atoms with Crippen LogP contribution in [0.4, 0.5) is 5.69 Å². The topological polar surface area (TPSA) is 96.0 Å². The first-order valence-electron chi connectivity index (χ1n) is 11.6. The Morgan fingerprint density at radius 1 is 0.917 bits per heavy atom. The number of likely N-dealkylation sites (N-methyl/N-ethyl adjacent to an activating group) is 1. The molecule has 0 bridgehead atoms. The molecule has 1 atom stereocenters. The minimum Gasteiger partial charge on any atom is -0.497 e. The number of ether oxygens (including phenoxy) is 1. The number of methoxy groups -OCH3 is 1. The van der Waals surface area contributed by atoms with Crippen LogP contribution in [-0.4, -0.2) is 51.9 Å². The monoisotopic (exact) mass is 509 g/mol. The molecule has 0 fully saturated rings. The SMILES string of the molecule is CCC(C(=O)NC)N(Cc1ccc(OC)cc1)C(=O)CN(c1ccccc1)S(=O)(=O)c1ccccc1. The summed E-state index contributed by atoms with van der Waals surface area (Å²) in [5.74, 6) is -0.152. The highest BCUT2D eigenvalue weighted by Crippen LogP contribution is 2.24. The van der Waals surface area contributed by atoms with Crippen molar-refractivity contribution in [3.63, 3.8) is 0 Å². The second-order valence-electron chi connectivity index (χ2n) is 8.07. The number of amides is 2. The van der Waals surface area contributed by atoms with Crippen LogP contribution in [0, 0.1) is 0 Å². The Hall–Kier alpha value is -3.85. The second-order valence-corrected chi connectivity index (χ2v) is 9.93. The quantitative estimate of drug-likeness (QED) is 0.427. The molecule has 0 spiro atoms. The zero-order valence-corrected chi connectivity index (χ0v) is 21.4. The molecule has 2 amide bonds. The highest BCUT2D eigenvalue weighted by atomic mass is 32.2. The molecule has 0 aliphatic heterocycles. The van der Waals surface area contributed by atoms with Crippen LogP contribution >= 0.6 is 0 Å². The predicted octanol–water partition coefficient (Wildman–Crippen LogP) is 3.44. The molecule has 0 aliphatic carbocycles. The zero-order valence-electron chi connectivity index (χ0n) is 20.6. The number of carbonyl (C=O) groups excluding carboxylic acids is 2. The molecule has 1 N–H and O–H groups in total. The number of hydrogen-bond donors (Lipinski definition) is 1. The lowest BCUT2D eigenvalue weighted by atomic mass is 10.1. The van der Waals surface area contributed by atoms with Gasteiger partial charge >= 0.3 is 0 Å². The molecule has 0 radical (unpaired) electrons. The number of hydrogen-bond acceptors (Lipinski definition) is 5. The van der Waals surface area contributed by atoms with Crippen molar-refractivity contribution in [3.05, 3.63) is 90.5 Å². The maximum atomic E-state index is 13.8. The lowest BCUT2D eigenvalue weighted by molar-refractivity contribution is -0.140. The number of para-hydroxylation sites is 1. The Morgan fingerprint density at radius 2 is 1.50 bits per heavy atom. The Balaban J connectivity index is 2.01. The molecular formula is C27H31N3O5S. The van der Waals surface area contributed by atoms with Gasteiger partial charge in [-0.2, -0.15) is 0 Å². The van der Waals surface area contributed by atoms with E-state index in [4.69, 9.17) is 4.74 Å². The Morgan fingerprint density at radius 3 is 2.03 bits per heavy atom. The van der Waals surface area contributed by atoms with Gasteiger partial charge in [-0.05, 0) is 48.4 Å². The van der Waals surface area contributed by atoms with E-state index >= 15 is 0 Å². The van der Waals surface area contributed by atoms with E-state index in [-0.39, 0.29) is 17.3 Å². The van der Waals surface area contributed by atoms with Crippen molar-refractivity contribution in [1.82, 2.24) is 10.2 Å². The third-order valence-corrected chi connectivity index (χ3v) is 7.59. The van der Waals surface area contributed by atoms with Crippen molar-refractivity contribution >= 4 is 27.5 Å². The van der Waals surface area contributed by atoms with Gasteiger partial charge in [-0.15, -0.1) is 0 Å². The van der Waals surface area contributed by atoms with Gasteiger partial charge in [-0.25, -0.2) is 8.42 Å². The zero-order chi connectivity index (χ0) is 26.1. The number of sulfonamides is 1. The van der Waals surface area contributed by atoms with Gasteiger partial charge in [0.05, 0.1) is 17.7 Å². The molecule has 0 heterocycles. The van der Waals surface area contributed by atoms with Gasteiger partial charge in [-0.3, -0.25) is 13.9 Å². The van der Waals surface area contributed by atoms with Gasteiger partial charge in [0.1, 0.15) is 18.3 Å². The van der Waals surface area contributed by atoms with E-state index in [1.165, 1.54) is 24.1 Å². The summed E-state index contributed by atoms with van der Waals surface area (Å²) >= 11 is 0. The molecular weight excluding hydrogens is 478 g/mol. The molecule has 9 heteroatoms. The normalized spacial score (nSPS) is 11.9. The highest BCUT2D eigenvalue weighted by molar-refractivity contribution is 7.92. The standard InChI is InChI=1S/C27H31N3O5S/c1-4-25(27(32)28-2)29(19-21-15-17-23(35-3)18-16-21)26(31)20-30(22-11-7-5-8-12-22)36(33,34)24-13-9-6-10-14-24/h5-18,25H,4,19-20H2,1-3H3,(H,28,32). The number of nitrogens with zero attached hydrogens (tertiary/aromatic N) is 2. The van der Waals surface area contributed by atoms with Crippen LogP contribution in [0.5, 0.6) is 5.75 Å². The molecule has 0 aliphatic rings. The fourth-order valence-corrected chi connectivity index (χ4v) is 5.29. The molecule has 0 saturated heterocycles. The molecule has 0 saturated carbocycles. The van der Waals surface area contributed by atoms with Crippen LogP contribution in [0.3, 0.4) is 0 Å². The summed E-state index contributed by atoms with van der Waals surface area (Å²) in [4.78, 5) is 28.0. The summed E-state index contributed by atoms with van der Waals surface area (Å²) in [6.07, 6.45) is 0.359. The van der Waals surface area contributed by atoms with Crippen molar-refractivity contribution in [2.75, 3.05) is 25.0 Å². The summed E-state index contributed by atoms with van der Waals surface area (Å²) in [6, 6.07) is 22.8. The summed E-state index contributed by atoms with van der Waals surface area (Å²) in [5.41, 5.74) is 1.13. The molecule has 190 valence electrons. The Kier molecular flexibility index (Phi) is 9.08. The van der Waals surface area contributed by atoms with Crippen molar-refractivity contribution in [2.24, 2.45) is 0 Å². The highest BCUT2D eigenvalue weighted by Gasteiger charge is 2.33. The fourth-order valence-electron chi connectivity index (χ4n) is 3.86. The average molecular weight is 510 g/mol. The third kappa shape index (κ3) is 6.23. The van der Waals surface area contributed by atoms with E-state index in [0.29, 0.717) is 17.9 Å². The first kappa shape index (κ1) is 26.7. The molecule has 1 unspecified atom stereocenters. The average Bonchev–Trinajstić information content (AvgIpc) is 2.92. The van der Waals surface area contributed by atoms with E-state index in [9.17, 15) is 18.0 Å². The Bertz CT molecular complexity index is 1250. The maximum Gasteiger partial charge on any atom is 0.264 e. The summed E-state index contributed by atoms with van der Waals surface area (Å²) < 4.78 is 33.5. The summed E-state index contributed by atoms with van der Waals surface area (Å²) in [7, 11) is -0.979. The summed E-state index contributed by atoms with van der Waals surface area (Å²) in [5, 5.41) is 2.61. The van der Waals surface area contributed by atoms with Crippen LogP contribution in [-0.2, 0) is 26.2 Å². The van der Waals surface area contributed by atoms with E-state index in [0.717, 1.165) is 9.87 Å². The van der Waals surface area contributed by atoms with Crippen molar-refractivity contribution in [3.8, 4) is 5.75 Å². The van der Waals surface area contributed by atoms with E-state index in [2.05, 4.69) is 5.32 Å². The smallest absolute Gasteiger partial charge is 0.264 e. The van der Waals surface area contributed by atoms with Gasteiger partial charge in [0, 0.05) is 13.6 Å². The number of rotatable bonds is 11. The van der Waals surface area contributed by atoms with Gasteiger partial charge in [0.2, 0.25) is 11.8 Å². The van der Waals surface area contributed by atoms with E-state index < -0.39 is 28.5 Å². The molecule has 3 aromatic rings. The Labute approximate surface area is 212 Å². The molecule has 8 nitrogen and oxygen atoms in total. The lowest BCUT2D eigenvalue weighted by Gasteiger charge is -2.33. The first-order valence-corrected chi connectivity index (χ1v) is 13.0. The van der Waals surface area contributed by atoms with Crippen LogP contribution in [0.25, 0.3) is 0 Å². The van der Waals surface area contributed by atoms with E-state index in [1.807, 2.05) is 19.1 Å². The largest absolute Gasteiger partial charge is 0.497 e. The lowest BCUT2D eigenvalue weighted by Crippen LogP contribution is -2.51. The van der Waals surface area contributed by atoms with Gasteiger partial charge in [0.15, 0.2) is 0 Å². The van der Waals surface area contributed by atoms with Gasteiger partial charge in [0.25, 0.3) is 10.0 Å². The molecule has 0 aromatic heterocycles. The maximum absolute atomic E-state index is 13.8. The van der Waals surface area contributed by atoms with Crippen LogP contribution < -0.4 is 14.4 Å². The third-order valence-electron chi connectivity index (χ3n) is 5.80. The second kappa shape index (κ2) is 12.2. The summed E-state index contributed by atoms with van der Waals surface area (Å²) in [6.45, 7) is 1.47. The molecule has 36 heavy (non-hydrogen) atoms.